The number of halogens is 3. The molecule has 1 aliphatic heterocycles. The maximum Gasteiger partial charge on any atom is 0.416 e. The quantitative estimate of drug-likeness (QED) is 0.281. The molecule has 0 saturated carbocycles. The summed E-state index contributed by atoms with van der Waals surface area (Å²) < 4.78 is 41.6. The molecular formula is C28H24F3N5. The Bertz CT molecular complexity index is 1580. The number of nitrogens with zero attached hydrogens (tertiary/aromatic N) is 4. The molecule has 0 fully saturated rings. The molecule has 5 nitrogen and oxygen atoms in total. The van der Waals surface area contributed by atoms with Crippen LogP contribution in [0.25, 0.3) is 28.1 Å². The molecule has 36 heavy (non-hydrogen) atoms. The van der Waals surface area contributed by atoms with E-state index in [1.807, 2.05) is 67.8 Å². The highest BCUT2D eigenvalue weighted by molar-refractivity contribution is 5.84. The van der Waals surface area contributed by atoms with E-state index in [-0.39, 0.29) is 6.04 Å². The predicted octanol–water partition coefficient (Wildman–Crippen LogP) is 6.91. The van der Waals surface area contributed by atoms with Crippen LogP contribution in [0.4, 0.5) is 24.5 Å². The minimum absolute atomic E-state index is 0.0200. The first kappa shape index (κ1) is 23.5. The summed E-state index contributed by atoms with van der Waals surface area (Å²) in [6.07, 6.45) is -0.877. The van der Waals surface area contributed by atoms with E-state index in [1.165, 1.54) is 12.1 Å². The molecule has 2 heterocycles. The van der Waals surface area contributed by atoms with E-state index >= 15 is 0 Å². The molecule has 1 aromatic heterocycles. The lowest BCUT2D eigenvalue weighted by molar-refractivity contribution is -0.137. The first-order chi connectivity index (χ1) is 17.2. The topological polar surface area (TPSA) is 55.1 Å². The Balaban J connectivity index is 1.78. The lowest BCUT2D eigenvalue weighted by Gasteiger charge is -2.21. The van der Waals surface area contributed by atoms with E-state index in [2.05, 4.69) is 10.3 Å². The van der Waals surface area contributed by atoms with Crippen molar-refractivity contribution >= 4 is 22.4 Å². The van der Waals surface area contributed by atoms with E-state index in [9.17, 15) is 13.2 Å². The van der Waals surface area contributed by atoms with Crippen LogP contribution in [0.3, 0.4) is 0 Å². The molecule has 2 aliphatic rings. The summed E-state index contributed by atoms with van der Waals surface area (Å²) in [7, 11) is 0. The monoisotopic (exact) mass is 487 g/mol. The maximum atomic E-state index is 13.2. The minimum atomic E-state index is -4.40. The summed E-state index contributed by atoms with van der Waals surface area (Å²) in [6.45, 7) is 5.95. The molecule has 0 saturated heterocycles. The van der Waals surface area contributed by atoms with Crippen molar-refractivity contribution in [3.63, 3.8) is 0 Å². The van der Waals surface area contributed by atoms with Crippen LogP contribution in [0.1, 0.15) is 25.0 Å². The smallest absolute Gasteiger partial charge is 0.352 e. The van der Waals surface area contributed by atoms with Crippen LogP contribution in [0.15, 0.2) is 84.1 Å². The number of para-hydroxylation sites is 2. The number of nitrogens with one attached hydrogen (secondary N) is 1. The second-order valence-corrected chi connectivity index (χ2v) is 8.94. The van der Waals surface area contributed by atoms with Gasteiger partial charge in [0, 0.05) is 17.9 Å². The van der Waals surface area contributed by atoms with Crippen LogP contribution >= 0.6 is 0 Å². The number of benzene rings is 3. The van der Waals surface area contributed by atoms with Crippen molar-refractivity contribution in [2.75, 3.05) is 5.32 Å². The Morgan fingerprint density at radius 3 is 2.39 bits per heavy atom. The molecule has 0 amide bonds. The maximum absolute atomic E-state index is 13.2. The third-order valence-electron chi connectivity index (χ3n) is 5.70. The minimum Gasteiger partial charge on any atom is -0.352 e. The number of hydrogen-bond donors (Lipinski definition) is 1. The second kappa shape index (κ2) is 9.11. The van der Waals surface area contributed by atoms with Crippen molar-refractivity contribution in [2.45, 2.75) is 33.0 Å². The number of aromatic nitrogens is 3. The lowest BCUT2D eigenvalue weighted by Crippen LogP contribution is -2.16. The molecule has 3 aromatic rings. The number of anilines is 2. The molecule has 0 atom stereocenters. The number of pyridine rings is 1. The van der Waals surface area contributed by atoms with Crippen molar-refractivity contribution < 1.29 is 13.2 Å². The fraction of sp³-hybridized carbons (Fsp3) is 0.179. The van der Waals surface area contributed by atoms with Gasteiger partial charge in [-0.05, 0) is 80.9 Å². The van der Waals surface area contributed by atoms with Gasteiger partial charge in [0.1, 0.15) is 0 Å². The van der Waals surface area contributed by atoms with Crippen LogP contribution in [-0.4, -0.2) is 20.6 Å². The van der Waals surface area contributed by atoms with Crippen LogP contribution in [0.5, 0.6) is 0 Å². The standard InChI is InChI=1S/C28H24F3N5/c1-17(2)33-24-14-27-25(13-23(24)34-20-12-18(3)15-32-16-20)35-22-6-4-5-7-26(22)36(27)21-10-8-19(9-11-21)28(29,30)31/h4-17,34H,1-3H3. The zero-order valence-electron chi connectivity index (χ0n) is 20.0. The third-order valence-corrected chi connectivity index (χ3v) is 5.70. The number of fused-ring (bicyclic) bond motifs is 2. The predicted molar refractivity (Wildman–Crippen MR) is 136 cm³/mol. The number of aryl methyl sites for hydroxylation is 1. The summed E-state index contributed by atoms with van der Waals surface area (Å²) >= 11 is 0. The molecule has 1 N–H and O–H groups in total. The number of rotatable bonds is 4. The van der Waals surface area contributed by atoms with E-state index in [4.69, 9.17) is 9.98 Å². The lowest BCUT2D eigenvalue weighted by atomic mass is 10.1. The highest BCUT2D eigenvalue weighted by Gasteiger charge is 2.30. The highest BCUT2D eigenvalue weighted by Crippen LogP contribution is 2.33. The van der Waals surface area contributed by atoms with Gasteiger partial charge in [0.2, 0.25) is 0 Å². The normalized spacial score (nSPS) is 12.6. The summed E-state index contributed by atoms with van der Waals surface area (Å²) in [6, 6.07) is 18.6. The van der Waals surface area contributed by atoms with Gasteiger partial charge >= 0.3 is 6.18 Å². The van der Waals surface area contributed by atoms with Gasteiger partial charge < -0.3 is 9.88 Å². The average molecular weight is 488 g/mol. The van der Waals surface area contributed by atoms with Crippen molar-refractivity contribution in [2.24, 2.45) is 4.99 Å². The van der Waals surface area contributed by atoms with Gasteiger partial charge in [0.05, 0.1) is 50.9 Å². The van der Waals surface area contributed by atoms with Gasteiger partial charge in [-0.15, -0.1) is 0 Å². The first-order valence-electron chi connectivity index (χ1n) is 11.5. The Morgan fingerprint density at radius 2 is 1.69 bits per heavy atom. The molecule has 1 aliphatic carbocycles. The largest absolute Gasteiger partial charge is 0.416 e. The van der Waals surface area contributed by atoms with Crippen LogP contribution in [0.2, 0.25) is 0 Å². The van der Waals surface area contributed by atoms with Crippen LogP contribution < -0.4 is 10.7 Å². The molecule has 0 spiro atoms. The van der Waals surface area contributed by atoms with Crippen molar-refractivity contribution in [3.8, 4) is 17.1 Å². The number of alkyl halides is 3. The molecule has 5 rings (SSSR count). The number of hydrogen-bond acceptors (Lipinski definition) is 4. The van der Waals surface area contributed by atoms with Gasteiger partial charge in [0.15, 0.2) is 0 Å². The molecule has 0 radical (unpaired) electrons. The fourth-order valence-electron chi connectivity index (χ4n) is 4.18. The van der Waals surface area contributed by atoms with Crippen LogP contribution in [-0.2, 0) is 6.18 Å². The third kappa shape index (κ3) is 4.66. The average Bonchev–Trinajstić information content (AvgIpc) is 2.82. The molecule has 8 heteroatoms. The van der Waals surface area contributed by atoms with Gasteiger partial charge in [-0.25, -0.2) is 4.98 Å². The summed E-state index contributed by atoms with van der Waals surface area (Å²) in [5, 5.41) is 4.13. The Kier molecular flexibility index (Phi) is 5.96. The second-order valence-electron chi connectivity index (χ2n) is 8.94. The molecule has 2 aromatic carbocycles. The summed E-state index contributed by atoms with van der Waals surface area (Å²) in [4.78, 5) is 13.9. The highest BCUT2D eigenvalue weighted by atomic mass is 19.4. The summed E-state index contributed by atoms with van der Waals surface area (Å²) in [5.74, 6) is 0. The molecular weight excluding hydrogens is 463 g/mol. The van der Waals surface area contributed by atoms with E-state index in [0.29, 0.717) is 11.4 Å². The van der Waals surface area contributed by atoms with Gasteiger partial charge in [-0.3, -0.25) is 9.98 Å². The molecule has 0 unspecified atom stereocenters. The molecule has 0 bridgehead atoms. The van der Waals surface area contributed by atoms with E-state index in [1.54, 1.807) is 12.4 Å². The van der Waals surface area contributed by atoms with Crippen LogP contribution in [0, 0.1) is 6.92 Å². The van der Waals surface area contributed by atoms with Crippen molar-refractivity contribution in [1.29, 1.82) is 0 Å². The van der Waals surface area contributed by atoms with E-state index < -0.39 is 11.7 Å². The Morgan fingerprint density at radius 1 is 0.944 bits per heavy atom. The van der Waals surface area contributed by atoms with Gasteiger partial charge in [-0.1, -0.05) is 12.1 Å². The first-order valence-corrected chi connectivity index (χ1v) is 11.5. The van der Waals surface area contributed by atoms with Gasteiger partial charge in [0.25, 0.3) is 0 Å². The van der Waals surface area contributed by atoms with Crippen molar-refractivity contribution in [3.05, 3.63) is 95.6 Å². The van der Waals surface area contributed by atoms with E-state index in [0.717, 1.165) is 51.2 Å². The van der Waals surface area contributed by atoms with Gasteiger partial charge in [-0.2, -0.15) is 13.2 Å². The Labute approximate surface area is 206 Å². The van der Waals surface area contributed by atoms with Crippen molar-refractivity contribution in [1.82, 2.24) is 14.5 Å². The fourth-order valence-corrected chi connectivity index (χ4v) is 4.18. The molecule has 182 valence electrons. The zero-order valence-corrected chi connectivity index (χ0v) is 20.0. The zero-order chi connectivity index (χ0) is 25.4. The Hall–Kier alpha value is -4.20. The SMILES string of the molecule is Cc1cncc(Nc2cc3nc4ccccc4n(-c4ccc(C(F)(F)F)cc4)c-3cc2=NC(C)C)c1. The summed E-state index contributed by atoms with van der Waals surface area (Å²) in [5.41, 5.74) is 5.45.